The van der Waals surface area contributed by atoms with Crippen molar-refractivity contribution in [2.45, 2.75) is 37.1 Å². The van der Waals surface area contributed by atoms with Gasteiger partial charge in [0.2, 0.25) is 10.0 Å². The highest BCUT2D eigenvalue weighted by Gasteiger charge is 2.31. The lowest BCUT2D eigenvalue weighted by atomic mass is 9.92. The minimum Gasteiger partial charge on any atom is -0.435 e. The fourth-order valence-corrected chi connectivity index (χ4v) is 5.94. The van der Waals surface area contributed by atoms with Gasteiger partial charge in [0.25, 0.3) is 5.89 Å². The lowest BCUT2D eigenvalue weighted by Crippen LogP contribution is -3.13. The molecule has 0 radical (unpaired) electrons. The highest BCUT2D eigenvalue weighted by molar-refractivity contribution is 7.89. The molecule has 2 heterocycles. The maximum absolute atomic E-state index is 13.1. The van der Waals surface area contributed by atoms with Gasteiger partial charge in [0, 0.05) is 0 Å². The number of benzene rings is 2. The molecular weight excluding hydrogens is 386 g/mol. The molecule has 0 unspecified atom stereocenters. The SMILES string of the molecule is O=S(=O)(c1ccc2c(c1)CCCC2)N1CC[NH+](Cc2nc3ccccc3o2)CC1. The Morgan fingerprint density at radius 3 is 2.55 bits per heavy atom. The fourth-order valence-electron chi connectivity index (χ4n) is 4.45. The number of quaternary nitrogens is 1. The Morgan fingerprint density at radius 1 is 1.00 bits per heavy atom. The monoisotopic (exact) mass is 412 g/mol. The Labute approximate surface area is 171 Å². The molecule has 1 N–H and O–H groups in total. The van der Waals surface area contributed by atoms with E-state index in [2.05, 4.69) is 4.98 Å². The van der Waals surface area contributed by atoms with E-state index in [1.807, 2.05) is 36.4 Å². The molecule has 0 bridgehead atoms. The second-order valence-corrected chi connectivity index (χ2v) is 9.98. The molecule has 1 aliphatic carbocycles. The van der Waals surface area contributed by atoms with Crippen LogP contribution in [0.5, 0.6) is 0 Å². The average molecular weight is 413 g/mol. The number of hydrogen-bond donors (Lipinski definition) is 1. The summed E-state index contributed by atoms with van der Waals surface area (Å²) in [5, 5.41) is 0. The molecular formula is C22H26N3O3S+. The number of oxazole rings is 1. The Morgan fingerprint density at radius 2 is 1.76 bits per heavy atom. The van der Waals surface area contributed by atoms with Crippen molar-refractivity contribution in [1.29, 1.82) is 0 Å². The molecule has 152 valence electrons. The standard InChI is InChI=1S/C22H25N3O3S/c26-29(27,19-10-9-17-5-1-2-6-18(17)15-19)25-13-11-24(12-14-25)16-22-23-20-7-3-4-8-21(20)28-22/h3-4,7-10,15H,1-2,5-6,11-14,16H2/p+1. The van der Waals surface area contributed by atoms with Crippen LogP contribution in [-0.2, 0) is 29.4 Å². The van der Waals surface area contributed by atoms with E-state index in [-0.39, 0.29) is 0 Å². The maximum Gasteiger partial charge on any atom is 0.251 e. The predicted molar refractivity (Wildman–Crippen MR) is 110 cm³/mol. The molecule has 0 spiro atoms. The van der Waals surface area contributed by atoms with Gasteiger partial charge in [-0.15, -0.1) is 0 Å². The third kappa shape index (κ3) is 3.70. The van der Waals surface area contributed by atoms with Gasteiger partial charge in [-0.2, -0.15) is 4.31 Å². The second-order valence-electron chi connectivity index (χ2n) is 8.04. The molecule has 6 nitrogen and oxygen atoms in total. The van der Waals surface area contributed by atoms with Gasteiger partial charge in [-0.05, 0) is 61.1 Å². The fraction of sp³-hybridized carbons (Fsp3) is 0.409. The quantitative estimate of drug-likeness (QED) is 0.710. The largest absolute Gasteiger partial charge is 0.435 e. The van der Waals surface area contributed by atoms with Crippen LogP contribution in [0, 0.1) is 0 Å². The molecule has 1 fully saturated rings. The van der Waals surface area contributed by atoms with Crippen LogP contribution < -0.4 is 4.90 Å². The van der Waals surface area contributed by atoms with Gasteiger partial charge in [0.15, 0.2) is 12.1 Å². The van der Waals surface area contributed by atoms with E-state index < -0.39 is 10.0 Å². The van der Waals surface area contributed by atoms with Crippen molar-refractivity contribution in [3.05, 3.63) is 59.5 Å². The lowest BCUT2D eigenvalue weighted by molar-refractivity contribution is -0.918. The number of piperazine rings is 1. The zero-order valence-electron chi connectivity index (χ0n) is 16.4. The summed E-state index contributed by atoms with van der Waals surface area (Å²) >= 11 is 0. The van der Waals surface area contributed by atoms with Gasteiger partial charge >= 0.3 is 0 Å². The molecule has 3 aromatic rings. The van der Waals surface area contributed by atoms with Gasteiger partial charge < -0.3 is 9.32 Å². The van der Waals surface area contributed by atoms with Gasteiger partial charge in [0.1, 0.15) is 5.52 Å². The molecule has 5 rings (SSSR count). The summed E-state index contributed by atoms with van der Waals surface area (Å²) < 4.78 is 33.7. The summed E-state index contributed by atoms with van der Waals surface area (Å²) in [6.07, 6.45) is 4.40. The van der Waals surface area contributed by atoms with Gasteiger partial charge in [-0.3, -0.25) is 0 Å². The second kappa shape index (κ2) is 7.55. The molecule has 29 heavy (non-hydrogen) atoms. The molecule has 2 aromatic carbocycles. The maximum atomic E-state index is 13.1. The summed E-state index contributed by atoms with van der Waals surface area (Å²) in [5.41, 5.74) is 4.19. The summed E-state index contributed by atoms with van der Waals surface area (Å²) in [6, 6.07) is 13.5. The first kappa shape index (κ1) is 18.8. The van der Waals surface area contributed by atoms with E-state index in [1.54, 1.807) is 10.4 Å². The van der Waals surface area contributed by atoms with Gasteiger partial charge in [0.05, 0.1) is 31.1 Å². The number of sulfonamides is 1. The molecule has 7 heteroatoms. The van der Waals surface area contributed by atoms with Crippen molar-refractivity contribution >= 4 is 21.1 Å². The van der Waals surface area contributed by atoms with Crippen LogP contribution in [0.2, 0.25) is 0 Å². The number of aromatic nitrogens is 1. The third-order valence-corrected chi connectivity index (χ3v) is 8.02. The first-order valence-electron chi connectivity index (χ1n) is 10.4. The highest BCUT2D eigenvalue weighted by atomic mass is 32.2. The highest BCUT2D eigenvalue weighted by Crippen LogP contribution is 2.25. The average Bonchev–Trinajstić information content (AvgIpc) is 3.16. The lowest BCUT2D eigenvalue weighted by Gasteiger charge is -2.31. The van der Waals surface area contributed by atoms with Crippen LogP contribution >= 0.6 is 0 Å². The first-order valence-corrected chi connectivity index (χ1v) is 11.8. The molecule has 2 aliphatic rings. The summed E-state index contributed by atoms with van der Waals surface area (Å²) in [7, 11) is -3.43. The van der Waals surface area contributed by atoms with Crippen LogP contribution in [0.3, 0.4) is 0 Å². The number of hydrogen-bond acceptors (Lipinski definition) is 4. The number of nitrogens with one attached hydrogen (secondary N) is 1. The number of nitrogens with zero attached hydrogens (tertiary/aromatic N) is 2. The molecule has 1 aliphatic heterocycles. The van der Waals surface area contributed by atoms with Gasteiger partial charge in [-0.25, -0.2) is 13.4 Å². The number of fused-ring (bicyclic) bond motifs is 2. The van der Waals surface area contributed by atoms with Crippen molar-refractivity contribution in [2.24, 2.45) is 0 Å². The molecule has 0 saturated carbocycles. The third-order valence-electron chi connectivity index (χ3n) is 6.13. The zero-order chi connectivity index (χ0) is 19.8. The summed E-state index contributed by atoms with van der Waals surface area (Å²) in [4.78, 5) is 6.29. The van der Waals surface area contributed by atoms with Crippen LogP contribution in [0.4, 0.5) is 0 Å². The Hall–Kier alpha value is -2.22. The van der Waals surface area contributed by atoms with E-state index >= 15 is 0 Å². The molecule has 0 amide bonds. The smallest absolute Gasteiger partial charge is 0.251 e. The normalized spacial score (nSPS) is 18.8. The van der Waals surface area contributed by atoms with E-state index in [0.29, 0.717) is 30.4 Å². The van der Waals surface area contributed by atoms with Gasteiger partial charge in [-0.1, -0.05) is 18.2 Å². The van der Waals surface area contributed by atoms with E-state index in [4.69, 9.17) is 4.42 Å². The Bertz CT molecular complexity index is 1100. The topological polar surface area (TPSA) is 67.8 Å². The number of para-hydroxylation sites is 2. The van der Waals surface area contributed by atoms with E-state index in [9.17, 15) is 8.42 Å². The summed E-state index contributed by atoms with van der Waals surface area (Å²) in [5.74, 6) is 0.715. The van der Waals surface area contributed by atoms with Crippen LogP contribution in [0.15, 0.2) is 51.8 Å². The van der Waals surface area contributed by atoms with E-state index in [0.717, 1.165) is 43.5 Å². The zero-order valence-corrected chi connectivity index (χ0v) is 17.2. The number of aryl methyl sites for hydroxylation is 2. The van der Waals surface area contributed by atoms with Crippen LogP contribution in [0.25, 0.3) is 11.1 Å². The van der Waals surface area contributed by atoms with Crippen molar-refractivity contribution in [1.82, 2.24) is 9.29 Å². The van der Waals surface area contributed by atoms with Crippen LogP contribution in [0.1, 0.15) is 29.9 Å². The van der Waals surface area contributed by atoms with Crippen molar-refractivity contribution in [3.63, 3.8) is 0 Å². The minimum atomic E-state index is -3.43. The molecule has 1 aromatic heterocycles. The Balaban J connectivity index is 1.26. The summed E-state index contributed by atoms with van der Waals surface area (Å²) in [6.45, 7) is 3.23. The van der Waals surface area contributed by atoms with E-state index in [1.165, 1.54) is 22.4 Å². The molecule has 0 atom stereocenters. The van der Waals surface area contributed by atoms with Crippen LogP contribution in [-0.4, -0.2) is 43.9 Å². The Kier molecular flexibility index (Phi) is 4.89. The molecule has 1 saturated heterocycles. The van der Waals surface area contributed by atoms with Crippen molar-refractivity contribution in [2.75, 3.05) is 26.2 Å². The minimum absolute atomic E-state index is 0.445. The van der Waals surface area contributed by atoms with Crippen molar-refractivity contribution < 1.29 is 17.7 Å². The predicted octanol–water partition coefficient (Wildman–Crippen LogP) is 1.80. The number of rotatable bonds is 4. The van der Waals surface area contributed by atoms with Crippen molar-refractivity contribution in [3.8, 4) is 0 Å². The first-order chi connectivity index (χ1) is 14.1.